The van der Waals surface area contributed by atoms with Crippen molar-refractivity contribution < 1.29 is 9.59 Å². The number of carbonyl (C=O) groups excluding carboxylic acids is 2. The number of amides is 4. The quantitative estimate of drug-likeness (QED) is 0.335. The van der Waals surface area contributed by atoms with Gasteiger partial charge < -0.3 is 31.9 Å². The van der Waals surface area contributed by atoms with E-state index in [-0.39, 0.29) is 23.7 Å². The van der Waals surface area contributed by atoms with E-state index in [9.17, 15) is 9.59 Å². The summed E-state index contributed by atoms with van der Waals surface area (Å²) < 4.78 is 0. The van der Waals surface area contributed by atoms with Crippen molar-refractivity contribution >= 4 is 35.1 Å². The summed E-state index contributed by atoms with van der Waals surface area (Å²) in [6, 6.07) is 13.0. The molecule has 4 amide bonds. The lowest BCUT2D eigenvalue weighted by Gasteiger charge is -2.34. The summed E-state index contributed by atoms with van der Waals surface area (Å²) in [5, 5.41) is 20.4. The van der Waals surface area contributed by atoms with Gasteiger partial charge in [-0.05, 0) is 48.5 Å². The van der Waals surface area contributed by atoms with E-state index in [1.165, 1.54) is 0 Å². The van der Waals surface area contributed by atoms with Gasteiger partial charge in [-0.1, -0.05) is 0 Å². The van der Waals surface area contributed by atoms with E-state index in [0.29, 0.717) is 48.7 Å². The van der Waals surface area contributed by atoms with Crippen LogP contribution in [0.4, 0.5) is 21.0 Å². The molecule has 8 N–H and O–H groups in total. The third-order valence-electron chi connectivity index (χ3n) is 4.75. The number of carbonyl (C=O) groups is 2. The van der Waals surface area contributed by atoms with Gasteiger partial charge in [0.1, 0.15) is 11.7 Å². The first-order valence-electron chi connectivity index (χ1n) is 9.34. The molecule has 0 bridgehead atoms. The van der Waals surface area contributed by atoms with E-state index in [2.05, 4.69) is 10.6 Å². The van der Waals surface area contributed by atoms with Crippen LogP contribution in [-0.4, -0.2) is 59.7 Å². The topological polar surface area (TPSA) is 164 Å². The number of rotatable bonds is 4. The minimum absolute atomic E-state index is 0.0305. The summed E-state index contributed by atoms with van der Waals surface area (Å²) in [7, 11) is 0. The molecule has 10 heteroatoms. The number of hydrogen-bond acceptors (Lipinski definition) is 4. The molecule has 3 rings (SSSR count). The fourth-order valence-electron chi connectivity index (χ4n) is 2.98. The summed E-state index contributed by atoms with van der Waals surface area (Å²) in [5.74, 6) is -0.0610. The SMILES string of the molecule is N=C(N)c1ccc(NC(=O)N2CCN(C(=O)Nc3ccc(C(=N)N)cc3)CC2)cc1. The van der Waals surface area contributed by atoms with Crippen LogP contribution >= 0.6 is 0 Å². The Morgan fingerprint density at radius 3 is 1.23 bits per heavy atom. The molecule has 0 saturated carbocycles. The fraction of sp³-hybridized carbons (Fsp3) is 0.200. The molecule has 1 heterocycles. The largest absolute Gasteiger partial charge is 0.384 e. The molecule has 0 unspecified atom stereocenters. The van der Waals surface area contributed by atoms with Crippen LogP contribution in [0.2, 0.25) is 0 Å². The molecule has 0 aliphatic carbocycles. The van der Waals surface area contributed by atoms with Crippen LogP contribution in [0.1, 0.15) is 11.1 Å². The smallest absolute Gasteiger partial charge is 0.321 e. The maximum absolute atomic E-state index is 12.4. The van der Waals surface area contributed by atoms with Gasteiger partial charge in [0.15, 0.2) is 0 Å². The standard InChI is InChI=1S/C20H24N8O2/c21-17(22)13-1-5-15(6-2-13)25-19(29)27-9-11-28(12-10-27)20(30)26-16-7-3-14(4-8-16)18(23)24/h1-8H,9-12H2,(H3,21,22)(H3,23,24)(H,25,29)(H,26,30). The van der Waals surface area contributed by atoms with Crippen molar-refractivity contribution in [3.63, 3.8) is 0 Å². The third kappa shape index (κ3) is 5.04. The number of urea groups is 2. The van der Waals surface area contributed by atoms with Crippen LogP contribution in [0, 0.1) is 10.8 Å². The molecule has 30 heavy (non-hydrogen) atoms. The van der Waals surface area contributed by atoms with E-state index >= 15 is 0 Å². The van der Waals surface area contributed by atoms with Crippen molar-refractivity contribution in [2.24, 2.45) is 11.5 Å². The van der Waals surface area contributed by atoms with Gasteiger partial charge in [-0.25, -0.2) is 9.59 Å². The van der Waals surface area contributed by atoms with Gasteiger partial charge in [-0.3, -0.25) is 10.8 Å². The highest BCUT2D eigenvalue weighted by Gasteiger charge is 2.24. The Morgan fingerprint density at radius 1 is 0.667 bits per heavy atom. The number of nitrogens with zero attached hydrogens (tertiary/aromatic N) is 2. The van der Waals surface area contributed by atoms with Crippen molar-refractivity contribution in [3.05, 3.63) is 59.7 Å². The van der Waals surface area contributed by atoms with E-state index in [1.807, 2.05) is 0 Å². The highest BCUT2D eigenvalue weighted by atomic mass is 16.2. The van der Waals surface area contributed by atoms with Gasteiger partial charge in [0.2, 0.25) is 0 Å². The Morgan fingerprint density at radius 2 is 0.967 bits per heavy atom. The highest BCUT2D eigenvalue weighted by molar-refractivity contribution is 5.97. The number of hydrogen-bond donors (Lipinski definition) is 6. The first-order chi connectivity index (χ1) is 14.3. The van der Waals surface area contributed by atoms with Gasteiger partial charge in [0, 0.05) is 48.7 Å². The van der Waals surface area contributed by atoms with Gasteiger partial charge in [-0.2, -0.15) is 0 Å². The Labute approximate surface area is 173 Å². The second-order valence-corrected chi connectivity index (χ2v) is 6.82. The minimum Gasteiger partial charge on any atom is -0.384 e. The number of piperazine rings is 1. The number of nitrogens with one attached hydrogen (secondary N) is 4. The zero-order valence-corrected chi connectivity index (χ0v) is 16.3. The zero-order chi connectivity index (χ0) is 21.7. The van der Waals surface area contributed by atoms with Crippen molar-refractivity contribution in [1.82, 2.24) is 9.80 Å². The number of benzene rings is 2. The highest BCUT2D eigenvalue weighted by Crippen LogP contribution is 2.13. The van der Waals surface area contributed by atoms with Gasteiger partial charge in [0.25, 0.3) is 0 Å². The number of nitrogen functional groups attached to an aromatic ring is 2. The number of nitrogens with two attached hydrogens (primary N) is 2. The van der Waals surface area contributed by atoms with Gasteiger partial charge >= 0.3 is 12.1 Å². The molecule has 0 aromatic heterocycles. The van der Waals surface area contributed by atoms with Crippen molar-refractivity contribution in [3.8, 4) is 0 Å². The van der Waals surface area contributed by atoms with Crippen molar-refractivity contribution in [1.29, 1.82) is 10.8 Å². The number of amidine groups is 2. The average Bonchev–Trinajstić information content (AvgIpc) is 2.74. The third-order valence-corrected chi connectivity index (χ3v) is 4.75. The molecule has 0 spiro atoms. The maximum atomic E-state index is 12.4. The Bertz CT molecular complexity index is 868. The van der Waals surface area contributed by atoms with E-state index in [1.54, 1.807) is 58.3 Å². The summed E-state index contributed by atoms with van der Waals surface area (Å²) in [5.41, 5.74) is 13.2. The molecule has 0 atom stereocenters. The first kappa shape index (κ1) is 20.6. The average molecular weight is 408 g/mol. The molecule has 1 fully saturated rings. The summed E-state index contributed by atoms with van der Waals surface area (Å²) in [6.07, 6.45) is 0. The minimum atomic E-state index is -0.245. The molecule has 1 aliphatic heterocycles. The fourth-order valence-corrected chi connectivity index (χ4v) is 2.98. The van der Waals surface area contributed by atoms with E-state index in [4.69, 9.17) is 22.3 Å². The summed E-state index contributed by atoms with van der Waals surface area (Å²) in [4.78, 5) is 28.2. The maximum Gasteiger partial charge on any atom is 0.321 e. The molecule has 1 saturated heterocycles. The monoisotopic (exact) mass is 408 g/mol. The lowest BCUT2D eigenvalue weighted by Crippen LogP contribution is -2.52. The Kier molecular flexibility index (Phi) is 6.16. The van der Waals surface area contributed by atoms with E-state index in [0.717, 1.165) is 0 Å². The van der Waals surface area contributed by atoms with Crippen molar-refractivity contribution in [2.45, 2.75) is 0 Å². The molecule has 2 aromatic rings. The summed E-state index contributed by atoms with van der Waals surface area (Å²) in [6.45, 7) is 1.64. The predicted octanol–water partition coefficient (Wildman–Crippen LogP) is 1.64. The molecule has 10 nitrogen and oxygen atoms in total. The molecule has 0 radical (unpaired) electrons. The van der Waals surface area contributed by atoms with Crippen LogP contribution in [0.5, 0.6) is 0 Å². The van der Waals surface area contributed by atoms with Crippen LogP contribution < -0.4 is 22.1 Å². The van der Waals surface area contributed by atoms with Crippen molar-refractivity contribution in [2.75, 3.05) is 36.8 Å². The van der Waals surface area contributed by atoms with Crippen LogP contribution in [0.3, 0.4) is 0 Å². The number of anilines is 2. The zero-order valence-electron chi connectivity index (χ0n) is 16.3. The lowest BCUT2D eigenvalue weighted by atomic mass is 10.2. The second-order valence-electron chi connectivity index (χ2n) is 6.82. The van der Waals surface area contributed by atoms with Crippen LogP contribution in [0.15, 0.2) is 48.5 Å². The van der Waals surface area contributed by atoms with Crippen LogP contribution in [-0.2, 0) is 0 Å². The van der Waals surface area contributed by atoms with Gasteiger partial charge in [-0.15, -0.1) is 0 Å². The predicted molar refractivity (Wildman–Crippen MR) is 116 cm³/mol. The molecular weight excluding hydrogens is 384 g/mol. The summed E-state index contributed by atoms with van der Waals surface area (Å²) >= 11 is 0. The second kappa shape index (κ2) is 8.95. The van der Waals surface area contributed by atoms with E-state index < -0.39 is 0 Å². The van der Waals surface area contributed by atoms with Gasteiger partial charge in [0.05, 0.1) is 0 Å². The molecular formula is C20H24N8O2. The molecule has 2 aromatic carbocycles. The molecule has 156 valence electrons. The first-order valence-corrected chi connectivity index (χ1v) is 9.34. The Balaban J connectivity index is 1.48. The Hall–Kier alpha value is -4.08. The van der Waals surface area contributed by atoms with Crippen LogP contribution in [0.25, 0.3) is 0 Å². The normalized spacial score (nSPS) is 13.5. The molecule has 1 aliphatic rings. The lowest BCUT2D eigenvalue weighted by molar-refractivity contribution is 0.156.